The molecule has 0 unspecified atom stereocenters. The van der Waals surface area contributed by atoms with E-state index in [1.807, 2.05) is 0 Å². The van der Waals surface area contributed by atoms with Crippen molar-refractivity contribution in [1.29, 1.82) is 0 Å². The Kier molecular flexibility index (Phi) is 5.37. The highest BCUT2D eigenvalue weighted by molar-refractivity contribution is 4.64. The van der Waals surface area contributed by atoms with E-state index in [1.54, 1.807) is 0 Å². The average molecular weight is 172 g/mol. The van der Waals surface area contributed by atoms with E-state index in [4.69, 9.17) is 9.84 Å². The van der Waals surface area contributed by atoms with Crippen molar-refractivity contribution in [3.05, 3.63) is 0 Å². The number of ether oxygens (including phenoxy) is 1. The van der Waals surface area contributed by atoms with Crippen LogP contribution in [0.5, 0.6) is 0 Å². The molecule has 1 aliphatic rings. The van der Waals surface area contributed by atoms with Crippen LogP contribution in [0.4, 0.5) is 0 Å². The maximum atomic E-state index is 8.54. The van der Waals surface area contributed by atoms with Crippen LogP contribution in [0.25, 0.3) is 0 Å². The third-order valence-electron chi connectivity index (χ3n) is 2.48. The predicted octanol–water partition coefficient (Wildman–Crippen LogP) is 1.97. The van der Waals surface area contributed by atoms with E-state index < -0.39 is 0 Å². The van der Waals surface area contributed by atoms with Gasteiger partial charge in [-0.25, -0.2) is 0 Å². The van der Waals surface area contributed by atoms with Gasteiger partial charge < -0.3 is 9.84 Å². The molecule has 0 saturated carbocycles. The van der Waals surface area contributed by atoms with Gasteiger partial charge in [-0.2, -0.15) is 0 Å². The minimum atomic E-state index is 0.358. The molecular weight excluding hydrogens is 152 g/mol. The number of hydrogen-bond donors (Lipinski definition) is 1. The Morgan fingerprint density at radius 2 is 1.67 bits per heavy atom. The molecule has 0 aromatic rings. The summed E-state index contributed by atoms with van der Waals surface area (Å²) in [4.78, 5) is 0. The second-order valence-corrected chi connectivity index (χ2v) is 3.68. The van der Waals surface area contributed by atoms with Gasteiger partial charge in [-0.1, -0.05) is 25.7 Å². The summed E-state index contributed by atoms with van der Waals surface area (Å²) in [7, 11) is 0. The van der Waals surface area contributed by atoms with E-state index in [0.717, 1.165) is 25.6 Å². The van der Waals surface area contributed by atoms with Gasteiger partial charge in [0.15, 0.2) is 0 Å². The summed E-state index contributed by atoms with van der Waals surface area (Å²) in [5, 5.41) is 8.54. The van der Waals surface area contributed by atoms with Crippen molar-refractivity contribution in [1.82, 2.24) is 0 Å². The van der Waals surface area contributed by atoms with Crippen LogP contribution >= 0.6 is 0 Å². The molecule has 0 spiro atoms. The maximum Gasteiger partial charge on any atom is 0.0516 e. The summed E-state index contributed by atoms with van der Waals surface area (Å²) in [6, 6.07) is 0. The number of aliphatic hydroxyl groups is 1. The Balaban J connectivity index is 1.70. The summed E-state index contributed by atoms with van der Waals surface area (Å²) in [5.74, 6) is 0.864. The van der Waals surface area contributed by atoms with E-state index >= 15 is 0 Å². The zero-order valence-corrected chi connectivity index (χ0v) is 7.80. The van der Waals surface area contributed by atoms with Crippen molar-refractivity contribution < 1.29 is 9.84 Å². The average Bonchev–Trinajstić information content (AvgIpc) is 2.00. The van der Waals surface area contributed by atoms with Gasteiger partial charge in [0.2, 0.25) is 0 Å². The first-order valence-electron chi connectivity index (χ1n) is 5.12. The first kappa shape index (κ1) is 10.0. The molecule has 0 radical (unpaired) electrons. The fourth-order valence-corrected chi connectivity index (χ4v) is 1.53. The monoisotopic (exact) mass is 172 g/mol. The van der Waals surface area contributed by atoms with Crippen LogP contribution in [-0.2, 0) is 4.74 Å². The van der Waals surface area contributed by atoms with Crippen LogP contribution in [-0.4, -0.2) is 24.9 Å². The molecule has 1 rings (SSSR count). The summed E-state index contributed by atoms with van der Waals surface area (Å²) in [6.07, 6.45) is 7.48. The van der Waals surface area contributed by atoms with Crippen molar-refractivity contribution in [2.45, 2.75) is 38.5 Å². The molecule has 1 aliphatic heterocycles. The smallest absolute Gasteiger partial charge is 0.0516 e. The topological polar surface area (TPSA) is 29.5 Å². The first-order chi connectivity index (χ1) is 5.93. The van der Waals surface area contributed by atoms with Crippen molar-refractivity contribution in [2.75, 3.05) is 19.8 Å². The van der Waals surface area contributed by atoms with Gasteiger partial charge in [0.25, 0.3) is 0 Å². The van der Waals surface area contributed by atoms with Gasteiger partial charge in [0.1, 0.15) is 0 Å². The lowest BCUT2D eigenvalue weighted by Gasteiger charge is -2.25. The van der Waals surface area contributed by atoms with Crippen LogP contribution in [0.3, 0.4) is 0 Å². The normalized spacial score (nSPS) is 17.8. The van der Waals surface area contributed by atoms with Gasteiger partial charge in [-0.05, 0) is 12.8 Å². The second kappa shape index (κ2) is 6.44. The molecule has 2 nitrogen and oxygen atoms in total. The Morgan fingerprint density at radius 3 is 2.25 bits per heavy atom. The standard InChI is InChI=1S/C10H20O2/c11-7-5-3-1-2-4-6-10-8-12-9-10/h10-11H,1-9H2. The highest BCUT2D eigenvalue weighted by atomic mass is 16.5. The zero-order chi connectivity index (χ0) is 8.65. The van der Waals surface area contributed by atoms with E-state index in [2.05, 4.69) is 0 Å². The van der Waals surface area contributed by atoms with E-state index in [1.165, 1.54) is 32.1 Å². The molecule has 2 heteroatoms. The molecule has 0 bridgehead atoms. The largest absolute Gasteiger partial charge is 0.396 e. The molecule has 1 N–H and O–H groups in total. The minimum Gasteiger partial charge on any atom is -0.396 e. The highest BCUT2D eigenvalue weighted by Gasteiger charge is 2.16. The van der Waals surface area contributed by atoms with Gasteiger partial charge in [-0.15, -0.1) is 0 Å². The Hall–Kier alpha value is -0.0800. The molecule has 0 atom stereocenters. The first-order valence-corrected chi connectivity index (χ1v) is 5.12. The molecule has 0 aromatic carbocycles. The van der Waals surface area contributed by atoms with Crippen LogP contribution in [0, 0.1) is 5.92 Å². The van der Waals surface area contributed by atoms with Gasteiger partial charge in [0.05, 0.1) is 13.2 Å². The molecule has 1 heterocycles. The molecule has 1 saturated heterocycles. The van der Waals surface area contributed by atoms with Crippen LogP contribution < -0.4 is 0 Å². The second-order valence-electron chi connectivity index (χ2n) is 3.68. The SMILES string of the molecule is OCCCCCCCC1COC1. The van der Waals surface area contributed by atoms with Gasteiger partial charge in [-0.3, -0.25) is 0 Å². The lowest BCUT2D eigenvalue weighted by molar-refractivity contribution is -0.0364. The molecule has 12 heavy (non-hydrogen) atoms. The highest BCUT2D eigenvalue weighted by Crippen LogP contribution is 2.18. The quantitative estimate of drug-likeness (QED) is 0.595. The van der Waals surface area contributed by atoms with Crippen molar-refractivity contribution in [2.24, 2.45) is 5.92 Å². The summed E-state index contributed by atoms with van der Waals surface area (Å²) in [6.45, 7) is 2.35. The minimum absolute atomic E-state index is 0.358. The van der Waals surface area contributed by atoms with E-state index in [-0.39, 0.29) is 0 Å². The van der Waals surface area contributed by atoms with Crippen LogP contribution in [0.15, 0.2) is 0 Å². The maximum absolute atomic E-state index is 8.54. The predicted molar refractivity (Wildman–Crippen MR) is 49.1 cm³/mol. The molecule has 0 amide bonds. The molecule has 72 valence electrons. The van der Waals surface area contributed by atoms with Crippen molar-refractivity contribution in [3.63, 3.8) is 0 Å². The summed E-state index contributed by atoms with van der Waals surface area (Å²) in [5.41, 5.74) is 0. The number of hydrogen-bond acceptors (Lipinski definition) is 2. The van der Waals surface area contributed by atoms with Crippen molar-refractivity contribution in [3.8, 4) is 0 Å². The number of unbranched alkanes of at least 4 members (excludes halogenated alkanes) is 4. The van der Waals surface area contributed by atoms with Gasteiger partial charge >= 0.3 is 0 Å². The zero-order valence-electron chi connectivity index (χ0n) is 7.80. The Morgan fingerprint density at radius 1 is 1.00 bits per heavy atom. The van der Waals surface area contributed by atoms with Crippen LogP contribution in [0.2, 0.25) is 0 Å². The molecule has 1 fully saturated rings. The molecule has 0 aromatic heterocycles. The third-order valence-corrected chi connectivity index (χ3v) is 2.48. The lowest BCUT2D eigenvalue weighted by atomic mass is 9.99. The van der Waals surface area contributed by atoms with Crippen molar-refractivity contribution >= 4 is 0 Å². The van der Waals surface area contributed by atoms with E-state index in [0.29, 0.717) is 6.61 Å². The fourth-order valence-electron chi connectivity index (χ4n) is 1.53. The lowest BCUT2D eigenvalue weighted by Crippen LogP contribution is -2.27. The molecule has 0 aliphatic carbocycles. The molecular formula is C10H20O2. The number of rotatable bonds is 7. The summed E-state index contributed by atoms with van der Waals surface area (Å²) < 4.78 is 5.10. The third kappa shape index (κ3) is 4.07. The fraction of sp³-hybridized carbons (Fsp3) is 1.00. The summed E-state index contributed by atoms with van der Waals surface area (Å²) >= 11 is 0. The van der Waals surface area contributed by atoms with Gasteiger partial charge in [0, 0.05) is 12.5 Å². The Labute approximate surface area is 74.9 Å². The Bertz CT molecular complexity index is 100. The van der Waals surface area contributed by atoms with Crippen LogP contribution in [0.1, 0.15) is 38.5 Å². The number of aliphatic hydroxyl groups excluding tert-OH is 1. The van der Waals surface area contributed by atoms with E-state index in [9.17, 15) is 0 Å².